The van der Waals surface area contributed by atoms with E-state index in [1.165, 1.54) is 5.56 Å². The van der Waals surface area contributed by atoms with E-state index in [1.54, 1.807) is 0 Å². The number of imidazole rings is 1. The van der Waals surface area contributed by atoms with Crippen LogP contribution in [0.5, 0.6) is 0 Å². The number of hydrogen-bond acceptors (Lipinski definition) is 2. The summed E-state index contributed by atoms with van der Waals surface area (Å²) in [6.45, 7) is 5.22. The maximum Gasteiger partial charge on any atom is 0.141 e. The molecule has 0 aliphatic carbocycles. The number of hydrogen-bond donors (Lipinski definition) is 1. The van der Waals surface area contributed by atoms with E-state index in [-0.39, 0.29) is 0 Å². The second-order valence-corrected chi connectivity index (χ2v) is 6.21. The maximum absolute atomic E-state index is 5.96. The first-order valence-corrected chi connectivity index (χ1v) is 7.91. The maximum atomic E-state index is 5.96. The standard InChI is InChI=1S/C17H18BrN3/c1-3-8-21-16-7-5-12(18)9-15(16)20-17(21)14-10-13(19)6-4-11(14)2/h4-7,9-10H,3,8,19H2,1-2H3. The summed E-state index contributed by atoms with van der Waals surface area (Å²) >= 11 is 3.52. The van der Waals surface area contributed by atoms with Gasteiger partial charge in [0.1, 0.15) is 5.82 Å². The highest BCUT2D eigenvalue weighted by atomic mass is 79.9. The third-order valence-electron chi connectivity index (χ3n) is 3.66. The first kappa shape index (κ1) is 14.1. The number of nitrogens with two attached hydrogens (primary N) is 1. The van der Waals surface area contributed by atoms with Crippen molar-refractivity contribution in [3.05, 3.63) is 46.4 Å². The lowest BCUT2D eigenvalue weighted by atomic mass is 10.1. The van der Waals surface area contributed by atoms with E-state index in [0.717, 1.165) is 45.5 Å². The van der Waals surface area contributed by atoms with Crippen LogP contribution in [0.4, 0.5) is 5.69 Å². The van der Waals surface area contributed by atoms with Gasteiger partial charge >= 0.3 is 0 Å². The van der Waals surface area contributed by atoms with Crippen molar-refractivity contribution in [2.45, 2.75) is 26.8 Å². The molecule has 0 amide bonds. The summed E-state index contributed by atoms with van der Waals surface area (Å²) < 4.78 is 3.33. The van der Waals surface area contributed by atoms with E-state index in [4.69, 9.17) is 10.7 Å². The van der Waals surface area contributed by atoms with Crippen molar-refractivity contribution in [1.82, 2.24) is 9.55 Å². The van der Waals surface area contributed by atoms with Crippen LogP contribution < -0.4 is 5.73 Å². The smallest absolute Gasteiger partial charge is 0.141 e. The molecule has 2 N–H and O–H groups in total. The Morgan fingerprint density at radius 2 is 2.00 bits per heavy atom. The molecule has 0 aliphatic heterocycles. The quantitative estimate of drug-likeness (QED) is 0.696. The van der Waals surface area contributed by atoms with E-state index in [0.29, 0.717) is 0 Å². The van der Waals surface area contributed by atoms with E-state index in [2.05, 4.69) is 58.6 Å². The normalized spacial score (nSPS) is 11.2. The van der Waals surface area contributed by atoms with Gasteiger partial charge in [0.15, 0.2) is 0 Å². The van der Waals surface area contributed by atoms with Gasteiger partial charge in [0, 0.05) is 22.3 Å². The van der Waals surface area contributed by atoms with E-state index in [9.17, 15) is 0 Å². The minimum absolute atomic E-state index is 0.770. The van der Waals surface area contributed by atoms with Gasteiger partial charge in [-0.3, -0.25) is 0 Å². The van der Waals surface area contributed by atoms with Crippen LogP contribution in [-0.4, -0.2) is 9.55 Å². The third kappa shape index (κ3) is 2.56. The van der Waals surface area contributed by atoms with Crippen molar-refractivity contribution >= 4 is 32.7 Å². The molecular weight excluding hydrogens is 326 g/mol. The minimum atomic E-state index is 0.770. The molecule has 0 saturated carbocycles. The Morgan fingerprint density at radius 3 is 2.76 bits per heavy atom. The summed E-state index contributed by atoms with van der Waals surface area (Å²) in [7, 11) is 0. The Hall–Kier alpha value is -1.81. The van der Waals surface area contributed by atoms with E-state index in [1.807, 2.05) is 12.1 Å². The fraction of sp³-hybridized carbons (Fsp3) is 0.235. The second-order valence-electron chi connectivity index (χ2n) is 5.29. The van der Waals surface area contributed by atoms with Gasteiger partial charge in [-0.05, 0) is 49.2 Å². The Morgan fingerprint density at radius 1 is 1.19 bits per heavy atom. The molecule has 0 spiro atoms. The van der Waals surface area contributed by atoms with Crippen LogP contribution in [-0.2, 0) is 6.54 Å². The van der Waals surface area contributed by atoms with Crippen LogP contribution in [0, 0.1) is 6.92 Å². The summed E-state index contributed by atoms with van der Waals surface area (Å²) in [6, 6.07) is 12.2. The van der Waals surface area contributed by atoms with Crippen molar-refractivity contribution in [3.8, 4) is 11.4 Å². The zero-order chi connectivity index (χ0) is 15.0. The number of aryl methyl sites for hydroxylation is 2. The topological polar surface area (TPSA) is 43.8 Å². The van der Waals surface area contributed by atoms with Gasteiger partial charge in [-0.1, -0.05) is 28.9 Å². The van der Waals surface area contributed by atoms with Crippen LogP contribution in [0.2, 0.25) is 0 Å². The molecule has 21 heavy (non-hydrogen) atoms. The lowest BCUT2D eigenvalue weighted by molar-refractivity contribution is 0.704. The third-order valence-corrected chi connectivity index (χ3v) is 4.15. The summed E-state index contributed by atoms with van der Waals surface area (Å²) in [4.78, 5) is 4.84. The number of anilines is 1. The van der Waals surface area contributed by atoms with Crippen molar-refractivity contribution in [2.75, 3.05) is 5.73 Å². The molecule has 2 aromatic carbocycles. The molecule has 0 saturated heterocycles. The Labute approximate surface area is 132 Å². The Kier molecular flexibility index (Phi) is 3.72. The molecule has 4 heteroatoms. The van der Waals surface area contributed by atoms with Crippen molar-refractivity contribution in [2.24, 2.45) is 0 Å². The van der Waals surface area contributed by atoms with Gasteiger partial charge in [0.05, 0.1) is 11.0 Å². The van der Waals surface area contributed by atoms with Gasteiger partial charge in [0.25, 0.3) is 0 Å². The van der Waals surface area contributed by atoms with Crippen molar-refractivity contribution in [1.29, 1.82) is 0 Å². The summed E-state index contributed by atoms with van der Waals surface area (Å²) in [5.74, 6) is 0.995. The number of nitrogen functional groups attached to an aromatic ring is 1. The molecule has 0 atom stereocenters. The lowest BCUT2D eigenvalue weighted by Crippen LogP contribution is -2.01. The molecule has 1 aromatic heterocycles. The second kappa shape index (κ2) is 5.53. The highest BCUT2D eigenvalue weighted by molar-refractivity contribution is 9.10. The van der Waals surface area contributed by atoms with Crippen LogP contribution in [0.3, 0.4) is 0 Å². The van der Waals surface area contributed by atoms with Gasteiger partial charge in [-0.25, -0.2) is 4.98 Å². The predicted octanol–water partition coefficient (Wildman–Crippen LogP) is 4.77. The highest BCUT2D eigenvalue weighted by Crippen LogP contribution is 2.30. The molecule has 0 fully saturated rings. The predicted molar refractivity (Wildman–Crippen MR) is 92.3 cm³/mol. The van der Waals surface area contributed by atoms with Crippen LogP contribution in [0.15, 0.2) is 40.9 Å². The molecule has 3 rings (SSSR count). The zero-order valence-corrected chi connectivity index (χ0v) is 13.8. The number of benzene rings is 2. The first-order valence-electron chi connectivity index (χ1n) is 7.12. The molecule has 0 bridgehead atoms. The Balaban J connectivity index is 2.30. The Bertz CT molecular complexity index is 805. The van der Waals surface area contributed by atoms with E-state index < -0.39 is 0 Å². The first-order chi connectivity index (χ1) is 10.1. The summed E-state index contributed by atoms with van der Waals surface area (Å²) in [5.41, 5.74) is 11.2. The van der Waals surface area contributed by atoms with Crippen molar-refractivity contribution in [3.63, 3.8) is 0 Å². The van der Waals surface area contributed by atoms with Gasteiger partial charge in [-0.15, -0.1) is 0 Å². The number of halogens is 1. The molecule has 1 heterocycles. The van der Waals surface area contributed by atoms with Crippen LogP contribution in [0.1, 0.15) is 18.9 Å². The average Bonchev–Trinajstić information content (AvgIpc) is 2.80. The van der Waals surface area contributed by atoms with Gasteiger partial charge in [0.2, 0.25) is 0 Å². The SMILES string of the molecule is CCCn1c(-c2cc(N)ccc2C)nc2cc(Br)ccc21. The summed E-state index contributed by atoms with van der Waals surface area (Å²) in [5, 5.41) is 0. The minimum Gasteiger partial charge on any atom is -0.399 e. The van der Waals surface area contributed by atoms with Gasteiger partial charge in [-0.2, -0.15) is 0 Å². The average molecular weight is 344 g/mol. The fourth-order valence-electron chi connectivity index (χ4n) is 2.64. The van der Waals surface area contributed by atoms with Gasteiger partial charge < -0.3 is 10.3 Å². The monoisotopic (exact) mass is 343 g/mol. The largest absolute Gasteiger partial charge is 0.399 e. The molecular formula is C17H18BrN3. The number of nitrogens with zero attached hydrogens (tertiary/aromatic N) is 2. The van der Waals surface area contributed by atoms with Crippen LogP contribution >= 0.6 is 15.9 Å². The molecule has 0 unspecified atom stereocenters. The zero-order valence-electron chi connectivity index (χ0n) is 12.2. The molecule has 3 aromatic rings. The van der Waals surface area contributed by atoms with E-state index >= 15 is 0 Å². The summed E-state index contributed by atoms with van der Waals surface area (Å²) in [6.07, 6.45) is 1.07. The lowest BCUT2D eigenvalue weighted by Gasteiger charge is -2.10. The number of aromatic nitrogens is 2. The van der Waals surface area contributed by atoms with Crippen molar-refractivity contribution < 1.29 is 0 Å². The molecule has 0 aliphatic rings. The number of rotatable bonds is 3. The number of fused-ring (bicyclic) bond motifs is 1. The molecule has 3 nitrogen and oxygen atoms in total. The molecule has 108 valence electrons. The van der Waals surface area contributed by atoms with Crippen LogP contribution in [0.25, 0.3) is 22.4 Å². The highest BCUT2D eigenvalue weighted by Gasteiger charge is 2.14. The molecule has 0 radical (unpaired) electrons. The fourth-order valence-corrected chi connectivity index (χ4v) is 2.99.